The number of rotatable bonds is 7. The molecular formula is C28H28FN7. The van der Waals surface area contributed by atoms with Crippen molar-refractivity contribution in [1.82, 2.24) is 25.3 Å². The Kier molecular flexibility index (Phi) is 5.89. The summed E-state index contributed by atoms with van der Waals surface area (Å²) >= 11 is 0. The van der Waals surface area contributed by atoms with Gasteiger partial charge in [-0.25, -0.2) is 9.37 Å². The van der Waals surface area contributed by atoms with E-state index in [0.717, 1.165) is 56.4 Å². The summed E-state index contributed by atoms with van der Waals surface area (Å²) in [6.07, 6.45) is 8.73. The van der Waals surface area contributed by atoms with Crippen molar-refractivity contribution in [2.45, 2.75) is 25.9 Å². The van der Waals surface area contributed by atoms with Crippen LogP contribution in [0, 0.1) is 12.7 Å². The minimum Gasteiger partial charge on any atom is -0.397 e. The zero-order valence-electron chi connectivity index (χ0n) is 20.5. The van der Waals surface area contributed by atoms with Crippen molar-refractivity contribution in [3.8, 4) is 11.3 Å². The van der Waals surface area contributed by atoms with Crippen molar-refractivity contribution >= 4 is 16.9 Å². The molecule has 1 aliphatic rings. The second-order valence-corrected chi connectivity index (χ2v) is 9.13. The summed E-state index contributed by atoms with van der Waals surface area (Å²) in [5, 5.41) is 6.56. The van der Waals surface area contributed by atoms with Crippen LogP contribution in [0.5, 0.6) is 0 Å². The van der Waals surface area contributed by atoms with E-state index in [0.29, 0.717) is 12.2 Å². The van der Waals surface area contributed by atoms with Crippen LogP contribution in [0.2, 0.25) is 0 Å². The van der Waals surface area contributed by atoms with Crippen molar-refractivity contribution in [3.05, 3.63) is 107 Å². The molecule has 0 saturated carbocycles. The maximum atomic E-state index is 14.5. The number of anilines is 2. The molecule has 4 aromatic rings. The third-order valence-electron chi connectivity index (χ3n) is 6.43. The number of imidazole rings is 1. The summed E-state index contributed by atoms with van der Waals surface area (Å²) in [4.78, 5) is 17.2. The maximum absolute atomic E-state index is 14.5. The van der Waals surface area contributed by atoms with Crippen molar-refractivity contribution < 1.29 is 4.39 Å². The van der Waals surface area contributed by atoms with Crippen LogP contribution in [0.3, 0.4) is 0 Å². The van der Waals surface area contributed by atoms with Gasteiger partial charge in [-0.05, 0) is 62.4 Å². The number of benzene rings is 1. The number of aryl methyl sites for hydroxylation is 1. The molecule has 5 N–H and O–H groups in total. The van der Waals surface area contributed by atoms with Crippen molar-refractivity contribution in [3.63, 3.8) is 0 Å². The average Bonchev–Trinajstić information content (AvgIpc) is 3.23. The van der Waals surface area contributed by atoms with Crippen LogP contribution in [0.15, 0.2) is 67.7 Å². The fourth-order valence-electron chi connectivity index (χ4n) is 4.69. The van der Waals surface area contributed by atoms with Gasteiger partial charge in [0.2, 0.25) is 0 Å². The van der Waals surface area contributed by atoms with Gasteiger partial charge in [-0.2, -0.15) is 0 Å². The Balaban J connectivity index is 1.54. The van der Waals surface area contributed by atoms with E-state index in [-0.39, 0.29) is 5.82 Å². The number of pyridine rings is 2. The normalized spacial score (nSPS) is 16.7. The van der Waals surface area contributed by atoms with Crippen molar-refractivity contribution in [1.29, 1.82) is 0 Å². The lowest BCUT2D eigenvalue weighted by Gasteiger charge is -2.41. The molecule has 3 aromatic heterocycles. The van der Waals surface area contributed by atoms with Gasteiger partial charge in [0, 0.05) is 41.3 Å². The van der Waals surface area contributed by atoms with Gasteiger partial charge in [0.05, 0.1) is 29.0 Å². The van der Waals surface area contributed by atoms with E-state index in [2.05, 4.69) is 39.1 Å². The van der Waals surface area contributed by atoms with Crippen LogP contribution in [-0.4, -0.2) is 27.0 Å². The molecule has 1 aliphatic heterocycles. The SMILES string of the molecule is C=C/C=C(/c1cc(F)cc(CNC)c1)c1nc(C2(C)Nc3cnc(-c4cncc(N)c4)cc32)[nH]c1C. The Hall–Kier alpha value is -4.30. The first-order valence-corrected chi connectivity index (χ1v) is 11.7. The number of aromatic nitrogens is 4. The van der Waals surface area contributed by atoms with Crippen molar-refractivity contribution in [2.24, 2.45) is 0 Å². The summed E-state index contributed by atoms with van der Waals surface area (Å²) in [6, 6.07) is 8.92. The molecule has 0 fully saturated rings. The van der Waals surface area contributed by atoms with Crippen LogP contribution >= 0.6 is 0 Å². The summed E-state index contributed by atoms with van der Waals surface area (Å²) in [6.45, 7) is 8.47. The number of hydrogen-bond donors (Lipinski definition) is 4. The molecule has 0 spiro atoms. The quantitative estimate of drug-likeness (QED) is 0.279. The lowest BCUT2D eigenvalue weighted by atomic mass is 9.82. The molecule has 0 aliphatic carbocycles. The molecule has 36 heavy (non-hydrogen) atoms. The average molecular weight is 482 g/mol. The largest absolute Gasteiger partial charge is 0.397 e. The zero-order valence-corrected chi connectivity index (χ0v) is 20.5. The number of halogens is 1. The summed E-state index contributed by atoms with van der Waals surface area (Å²) in [7, 11) is 1.84. The number of allylic oxidation sites excluding steroid dienone is 2. The highest BCUT2D eigenvalue weighted by atomic mass is 19.1. The van der Waals surface area contributed by atoms with Crippen LogP contribution in [0.1, 0.15) is 40.8 Å². The molecule has 7 nitrogen and oxygen atoms in total. The Bertz CT molecular complexity index is 1500. The first kappa shape index (κ1) is 23.4. The van der Waals surface area contributed by atoms with E-state index in [1.54, 1.807) is 18.5 Å². The minimum atomic E-state index is -0.553. The monoisotopic (exact) mass is 481 g/mol. The lowest BCUT2D eigenvalue weighted by Crippen LogP contribution is -2.43. The Morgan fingerprint density at radius 3 is 2.78 bits per heavy atom. The molecule has 0 bridgehead atoms. The van der Waals surface area contributed by atoms with E-state index in [1.165, 1.54) is 12.1 Å². The first-order chi connectivity index (χ1) is 17.3. The van der Waals surface area contributed by atoms with E-state index in [4.69, 9.17) is 10.7 Å². The highest BCUT2D eigenvalue weighted by Crippen LogP contribution is 2.46. The summed E-state index contributed by atoms with van der Waals surface area (Å²) in [5.74, 6) is 0.464. The molecular weight excluding hydrogens is 453 g/mol. The number of nitrogens with one attached hydrogen (secondary N) is 3. The third-order valence-corrected chi connectivity index (χ3v) is 6.43. The van der Waals surface area contributed by atoms with Gasteiger partial charge in [0.25, 0.3) is 0 Å². The van der Waals surface area contributed by atoms with Crippen LogP contribution in [0.25, 0.3) is 16.8 Å². The van der Waals surface area contributed by atoms with Crippen LogP contribution in [-0.2, 0) is 12.1 Å². The third kappa shape index (κ3) is 4.05. The van der Waals surface area contributed by atoms with E-state index in [9.17, 15) is 4.39 Å². The Labute approximate surface area is 209 Å². The maximum Gasteiger partial charge on any atom is 0.137 e. The fraction of sp³-hybridized carbons (Fsp3) is 0.179. The summed E-state index contributed by atoms with van der Waals surface area (Å²) in [5.41, 5.74) is 13.6. The molecule has 8 heteroatoms. The number of aromatic amines is 1. The number of H-pyrrole nitrogens is 1. The standard InChI is InChI=1S/C28H28FN7/c1-5-6-22(18-7-17(12-31-4)8-20(29)9-18)26-16(2)34-27(35-26)28(3)23-11-24(33-15-25(23)36-28)19-10-21(30)14-32-13-19/h5-11,13-15,31,36H,1,12,30H2,2-4H3,(H,34,35)/b22-6-. The molecule has 4 heterocycles. The van der Waals surface area contributed by atoms with Crippen LogP contribution in [0.4, 0.5) is 15.8 Å². The Morgan fingerprint density at radius 2 is 2.03 bits per heavy atom. The van der Waals surface area contributed by atoms with Gasteiger partial charge < -0.3 is 21.4 Å². The molecule has 1 unspecified atom stereocenters. The smallest absolute Gasteiger partial charge is 0.137 e. The minimum absolute atomic E-state index is 0.293. The van der Waals surface area contributed by atoms with E-state index >= 15 is 0 Å². The number of fused-ring (bicyclic) bond motifs is 1. The molecule has 1 aromatic carbocycles. The second kappa shape index (κ2) is 9.05. The van der Waals surface area contributed by atoms with Gasteiger partial charge in [-0.1, -0.05) is 18.7 Å². The number of nitrogens with two attached hydrogens (primary N) is 1. The van der Waals surface area contributed by atoms with Gasteiger partial charge in [0.15, 0.2) is 0 Å². The van der Waals surface area contributed by atoms with Crippen LogP contribution < -0.4 is 16.4 Å². The van der Waals surface area contributed by atoms with Gasteiger partial charge >= 0.3 is 0 Å². The molecule has 0 radical (unpaired) electrons. The van der Waals surface area contributed by atoms with E-state index < -0.39 is 5.54 Å². The number of nitrogen functional groups attached to an aromatic ring is 1. The number of hydrogen-bond acceptors (Lipinski definition) is 6. The first-order valence-electron chi connectivity index (χ1n) is 11.7. The topological polar surface area (TPSA) is 105 Å². The van der Waals surface area contributed by atoms with Gasteiger partial charge in [-0.3, -0.25) is 9.97 Å². The predicted molar refractivity (Wildman–Crippen MR) is 142 cm³/mol. The summed E-state index contributed by atoms with van der Waals surface area (Å²) < 4.78 is 14.5. The second-order valence-electron chi connectivity index (χ2n) is 9.13. The van der Waals surface area contributed by atoms with E-state index in [1.807, 2.05) is 44.4 Å². The van der Waals surface area contributed by atoms with Gasteiger partial charge in [0.1, 0.15) is 17.2 Å². The van der Waals surface area contributed by atoms with Gasteiger partial charge in [-0.15, -0.1) is 0 Å². The lowest BCUT2D eigenvalue weighted by molar-refractivity contribution is 0.571. The molecule has 0 saturated heterocycles. The molecule has 5 rings (SSSR count). The number of nitrogens with zero attached hydrogens (tertiary/aromatic N) is 3. The zero-order chi connectivity index (χ0) is 25.4. The molecule has 1 atom stereocenters. The molecule has 0 amide bonds. The fourth-order valence-corrected chi connectivity index (χ4v) is 4.69. The predicted octanol–water partition coefficient (Wildman–Crippen LogP) is 4.92. The van der Waals surface area contributed by atoms with Crippen molar-refractivity contribution in [2.75, 3.05) is 18.1 Å². The highest BCUT2D eigenvalue weighted by molar-refractivity contribution is 5.81. The Morgan fingerprint density at radius 1 is 1.19 bits per heavy atom. The highest BCUT2D eigenvalue weighted by Gasteiger charge is 2.43. The molecule has 182 valence electrons.